The molecular formula is C19H21N3Se. The predicted octanol–water partition coefficient (Wildman–Crippen LogP) is 3.55. The van der Waals surface area contributed by atoms with E-state index in [4.69, 9.17) is 10.1 Å². The van der Waals surface area contributed by atoms with Gasteiger partial charge in [0.15, 0.2) is 0 Å². The zero-order chi connectivity index (χ0) is 16.2. The summed E-state index contributed by atoms with van der Waals surface area (Å²) >= 11 is 0.216. The minimum absolute atomic E-state index is 0.216. The van der Waals surface area contributed by atoms with E-state index in [1.165, 1.54) is 11.1 Å². The van der Waals surface area contributed by atoms with Gasteiger partial charge in [-0.25, -0.2) is 0 Å². The summed E-state index contributed by atoms with van der Waals surface area (Å²) in [6.07, 6.45) is 0. The van der Waals surface area contributed by atoms with Gasteiger partial charge < -0.3 is 0 Å². The molecule has 0 saturated carbocycles. The molecule has 4 heteroatoms. The number of nitrogens with zero attached hydrogens (tertiary/aromatic N) is 3. The van der Waals surface area contributed by atoms with Crippen molar-refractivity contribution in [3.63, 3.8) is 0 Å². The molecule has 0 bridgehead atoms. The van der Waals surface area contributed by atoms with Gasteiger partial charge in [0.2, 0.25) is 0 Å². The number of hydrogen-bond donors (Lipinski definition) is 0. The number of amidine groups is 1. The molecule has 3 nitrogen and oxygen atoms in total. The Bertz CT molecular complexity index is 708. The van der Waals surface area contributed by atoms with Gasteiger partial charge >= 0.3 is 144 Å². The SMILES string of the molecule is CC(C)N=C1[Se]C(c2ccccc2)C(c2ccccc2)=NN1C. The van der Waals surface area contributed by atoms with Crippen molar-refractivity contribution in [2.75, 3.05) is 7.05 Å². The Hall–Kier alpha value is -1.90. The van der Waals surface area contributed by atoms with Crippen LogP contribution >= 0.6 is 0 Å². The van der Waals surface area contributed by atoms with Crippen LogP contribution in [0.4, 0.5) is 0 Å². The third-order valence-corrected chi connectivity index (χ3v) is 6.30. The van der Waals surface area contributed by atoms with Crippen LogP contribution in [0.1, 0.15) is 29.8 Å². The topological polar surface area (TPSA) is 28.0 Å². The average Bonchev–Trinajstić information content (AvgIpc) is 2.57. The van der Waals surface area contributed by atoms with E-state index in [1.807, 2.05) is 18.1 Å². The van der Waals surface area contributed by atoms with Gasteiger partial charge in [-0.15, -0.1) is 0 Å². The van der Waals surface area contributed by atoms with E-state index >= 15 is 0 Å². The molecule has 0 N–H and O–H groups in total. The van der Waals surface area contributed by atoms with Crippen molar-refractivity contribution in [3.8, 4) is 0 Å². The fourth-order valence-corrected chi connectivity index (χ4v) is 5.15. The van der Waals surface area contributed by atoms with Crippen molar-refractivity contribution in [1.29, 1.82) is 0 Å². The normalized spacial score (nSPS) is 20.0. The van der Waals surface area contributed by atoms with Crippen LogP contribution in [0.3, 0.4) is 0 Å². The monoisotopic (exact) mass is 371 g/mol. The Morgan fingerprint density at radius 3 is 2.22 bits per heavy atom. The first kappa shape index (κ1) is 16.0. The maximum atomic E-state index is 4.88. The summed E-state index contributed by atoms with van der Waals surface area (Å²) in [5.41, 5.74) is 3.65. The summed E-state index contributed by atoms with van der Waals surface area (Å²) in [6, 6.07) is 21.4. The molecule has 0 spiro atoms. The standard InChI is InChI=1S/C19H21N3Se/c1-14(2)20-19-22(3)21-17(15-10-6-4-7-11-15)18(23-19)16-12-8-5-9-13-16/h4-14,18H,1-3H3. The summed E-state index contributed by atoms with van der Waals surface area (Å²) in [6.45, 7) is 4.23. The molecule has 1 atom stereocenters. The molecule has 1 unspecified atom stereocenters. The third kappa shape index (κ3) is 3.72. The van der Waals surface area contributed by atoms with Crippen LogP contribution in [0.15, 0.2) is 70.8 Å². The number of hydrogen-bond acceptors (Lipinski definition) is 2. The summed E-state index contributed by atoms with van der Waals surface area (Å²) in [5, 5.41) is 6.84. The molecule has 2 aromatic rings. The van der Waals surface area contributed by atoms with E-state index in [-0.39, 0.29) is 15.0 Å². The van der Waals surface area contributed by atoms with Crippen LogP contribution < -0.4 is 0 Å². The van der Waals surface area contributed by atoms with Crippen molar-refractivity contribution < 1.29 is 0 Å². The first-order valence-corrected chi connectivity index (χ1v) is 9.67. The quantitative estimate of drug-likeness (QED) is 0.760. The average molecular weight is 370 g/mol. The van der Waals surface area contributed by atoms with Crippen LogP contribution in [0, 0.1) is 0 Å². The Morgan fingerprint density at radius 1 is 1.00 bits per heavy atom. The van der Waals surface area contributed by atoms with E-state index < -0.39 is 0 Å². The van der Waals surface area contributed by atoms with E-state index in [0.29, 0.717) is 10.9 Å². The van der Waals surface area contributed by atoms with E-state index in [9.17, 15) is 0 Å². The number of benzene rings is 2. The Labute approximate surface area is 144 Å². The fraction of sp³-hybridized carbons (Fsp3) is 0.263. The van der Waals surface area contributed by atoms with Crippen molar-refractivity contribution in [3.05, 3.63) is 71.8 Å². The van der Waals surface area contributed by atoms with Gasteiger partial charge in [0.05, 0.1) is 0 Å². The third-order valence-electron chi connectivity index (χ3n) is 3.55. The summed E-state index contributed by atoms with van der Waals surface area (Å²) in [5.74, 6) is 0. The first-order chi connectivity index (χ1) is 11.1. The van der Waals surface area contributed by atoms with Crippen molar-refractivity contribution in [1.82, 2.24) is 5.01 Å². The van der Waals surface area contributed by atoms with Gasteiger partial charge in [0.1, 0.15) is 0 Å². The molecule has 118 valence electrons. The molecule has 0 amide bonds. The van der Waals surface area contributed by atoms with Gasteiger partial charge in [-0.2, -0.15) is 0 Å². The molecule has 2 aromatic carbocycles. The Morgan fingerprint density at radius 2 is 1.61 bits per heavy atom. The zero-order valence-corrected chi connectivity index (χ0v) is 15.4. The molecular weight excluding hydrogens is 349 g/mol. The van der Waals surface area contributed by atoms with E-state index in [0.717, 1.165) is 10.4 Å². The van der Waals surface area contributed by atoms with Gasteiger partial charge in [-0.1, -0.05) is 0 Å². The molecule has 3 rings (SSSR count). The molecule has 0 aliphatic carbocycles. The van der Waals surface area contributed by atoms with Gasteiger partial charge in [-0.05, 0) is 0 Å². The molecule has 1 heterocycles. The van der Waals surface area contributed by atoms with Gasteiger partial charge in [0, 0.05) is 0 Å². The molecule has 0 radical (unpaired) electrons. The number of aliphatic imine (C=N–C) groups is 1. The Balaban J connectivity index is 2.07. The number of hydrazone groups is 1. The first-order valence-electron chi connectivity index (χ1n) is 7.82. The molecule has 23 heavy (non-hydrogen) atoms. The zero-order valence-electron chi connectivity index (χ0n) is 13.7. The van der Waals surface area contributed by atoms with E-state index in [2.05, 4.69) is 68.4 Å². The molecule has 0 saturated heterocycles. The molecule has 0 fully saturated rings. The summed E-state index contributed by atoms with van der Waals surface area (Å²) in [7, 11) is 2.01. The van der Waals surface area contributed by atoms with Crippen molar-refractivity contribution in [2.45, 2.75) is 24.7 Å². The second-order valence-corrected chi connectivity index (χ2v) is 8.04. The van der Waals surface area contributed by atoms with Gasteiger partial charge in [0.25, 0.3) is 0 Å². The van der Waals surface area contributed by atoms with E-state index in [1.54, 1.807) is 0 Å². The predicted molar refractivity (Wildman–Crippen MR) is 98.3 cm³/mol. The van der Waals surface area contributed by atoms with Crippen LogP contribution in [0.2, 0.25) is 0 Å². The number of rotatable bonds is 3. The molecule has 1 aliphatic heterocycles. The second kappa shape index (κ2) is 7.12. The van der Waals surface area contributed by atoms with Crippen LogP contribution in [0.25, 0.3) is 0 Å². The molecule has 0 aromatic heterocycles. The van der Waals surface area contributed by atoms with Crippen molar-refractivity contribution in [2.24, 2.45) is 10.1 Å². The van der Waals surface area contributed by atoms with Crippen LogP contribution in [-0.4, -0.2) is 43.5 Å². The fourth-order valence-electron chi connectivity index (χ4n) is 2.50. The maximum absolute atomic E-state index is 4.88. The summed E-state index contributed by atoms with van der Waals surface area (Å²) in [4.78, 5) is 5.09. The second-order valence-electron chi connectivity index (χ2n) is 5.79. The van der Waals surface area contributed by atoms with Crippen LogP contribution in [-0.2, 0) is 0 Å². The summed E-state index contributed by atoms with van der Waals surface area (Å²) < 4.78 is 1.11. The minimum atomic E-state index is 0.216. The molecule has 1 aliphatic rings. The van der Waals surface area contributed by atoms with Crippen LogP contribution in [0.5, 0.6) is 0 Å². The van der Waals surface area contributed by atoms with Gasteiger partial charge in [-0.3, -0.25) is 0 Å². The van der Waals surface area contributed by atoms with Crippen molar-refractivity contribution >= 4 is 25.4 Å². The Kier molecular flexibility index (Phi) is 4.94.